The molecule has 12 amide bonds. The SMILES string of the molecule is C=C(CC)[C@@H]1NC(=O)[C@H](C2CCCC2)N(C)C(=O)C[C@@H](C(=O)N2CCCCC2)N(C)C(=O)[C@H](C(C)C)N(C)C(=O)C2(CCCC2)NC(=O)[C@@H]2CCCN2C(=O)[C@H](CCc2ccc(C(F)(F)F)c(Cl)c2)NC(=O)CN(C)C(=O)[C@H](CC2CCCCC2)N(C)C(=O)CN(C)C(=O)CN(C)C1=O. The van der Waals surface area contributed by atoms with Crippen molar-refractivity contribution in [2.24, 2.45) is 17.8 Å². The first kappa shape index (κ1) is 79.0. The second-order valence-electron chi connectivity index (χ2n) is 28.9. The number of amides is 12. The highest BCUT2D eigenvalue weighted by atomic mass is 35.5. The molecule has 0 unspecified atom stereocenters. The largest absolute Gasteiger partial charge is 0.417 e. The van der Waals surface area contributed by atoms with E-state index in [1.807, 2.05) is 0 Å². The van der Waals surface area contributed by atoms with E-state index >= 15 is 28.8 Å². The van der Waals surface area contributed by atoms with Gasteiger partial charge in [0, 0.05) is 69.0 Å². The van der Waals surface area contributed by atoms with Gasteiger partial charge in [-0.25, -0.2) is 0 Å². The Balaban J connectivity index is 1.27. The van der Waals surface area contributed by atoms with Gasteiger partial charge in [0.15, 0.2) is 0 Å². The molecule has 1 aromatic carbocycles. The summed E-state index contributed by atoms with van der Waals surface area (Å²) in [6.07, 6.45) is 5.75. The molecule has 3 heterocycles. The van der Waals surface area contributed by atoms with Crippen LogP contribution in [-0.2, 0) is 70.1 Å². The zero-order valence-corrected chi connectivity index (χ0v) is 60.4. The third-order valence-electron chi connectivity index (χ3n) is 21.6. The molecule has 99 heavy (non-hydrogen) atoms. The van der Waals surface area contributed by atoms with Crippen LogP contribution in [0.1, 0.15) is 173 Å². The van der Waals surface area contributed by atoms with Gasteiger partial charge < -0.3 is 60.0 Å². The van der Waals surface area contributed by atoms with Gasteiger partial charge in [-0.3, -0.25) is 57.5 Å². The molecule has 7 rings (SSSR count). The van der Waals surface area contributed by atoms with Gasteiger partial charge in [0.05, 0.1) is 36.6 Å². The summed E-state index contributed by atoms with van der Waals surface area (Å²) >= 11 is 6.14. The molecule has 6 fully saturated rings. The van der Waals surface area contributed by atoms with Crippen molar-refractivity contribution in [3.05, 3.63) is 46.5 Å². The van der Waals surface area contributed by atoms with Crippen LogP contribution in [0.15, 0.2) is 30.4 Å². The molecule has 1 spiro atoms. The normalized spacial score (nSPS) is 26.6. The quantitative estimate of drug-likeness (QED) is 0.243. The third kappa shape index (κ3) is 19.4. The molecule has 3 N–H and O–H groups in total. The number of rotatable bonds is 10. The number of hydrogen-bond donors (Lipinski definition) is 3. The van der Waals surface area contributed by atoms with E-state index in [0.717, 1.165) is 78.2 Å². The maximum Gasteiger partial charge on any atom is 0.417 e. The number of carbonyl (C=O) groups is 12. The Morgan fingerprint density at radius 3 is 1.86 bits per heavy atom. The van der Waals surface area contributed by atoms with Crippen LogP contribution in [0.25, 0.3) is 0 Å². The van der Waals surface area contributed by atoms with Gasteiger partial charge in [0.1, 0.15) is 47.8 Å². The molecular formula is C71H106ClF3N12O12. The third-order valence-corrected chi connectivity index (χ3v) is 21.9. The first-order valence-electron chi connectivity index (χ1n) is 35.5. The zero-order valence-electron chi connectivity index (χ0n) is 59.7. The Hall–Kier alpha value is -7.32. The lowest BCUT2D eigenvalue weighted by atomic mass is 9.84. The van der Waals surface area contributed by atoms with Gasteiger partial charge >= 0.3 is 6.18 Å². The number of hydrogen-bond acceptors (Lipinski definition) is 12. The van der Waals surface area contributed by atoms with Crippen molar-refractivity contribution in [3.8, 4) is 0 Å². The Bertz CT molecular complexity index is 3150. The minimum atomic E-state index is -4.76. The second-order valence-corrected chi connectivity index (χ2v) is 29.4. The molecule has 3 aliphatic heterocycles. The van der Waals surface area contributed by atoms with Crippen molar-refractivity contribution in [1.82, 2.24) is 60.0 Å². The Labute approximate surface area is 586 Å². The van der Waals surface area contributed by atoms with Gasteiger partial charge in [-0.15, -0.1) is 0 Å². The Morgan fingerprint density at radius 1 is 0.646 bits per heavy atom. The molecule has 3 saturated carbocycles. The van der Waals surface area contributed by atoms with Gasteiger partial charge in [-0.05, 0) is 124 Å². The van der Waals surface area contributed by atoms with E-state index in [2.05, 4.69) is 22.5 Å². The van der Waals surface area contributed by atoms with Crippen molar-refractivity contribution in [1.29, 1.82) is 0 Å². The summed E-state index contributed by atoms with van der Waals surface area (Å²) < 4.78 is 41.5. The van der Waals surface area contributed by atoms with Crippen LogP contribution >= 0.6 is 11.6 Å². The highest BCUT2D eigenvalue weighted by molar-refractivity contribution is 6.31. The number of fused-ring (bicyclic) bond motifs is 1. The van der Waals surface area contributed by atoms with E-state index in [1.54, 1.807) is 25.7 Å². The summed E-state index contributed by atoms with van der Waals surface area (Å²) in [5, 5.41) is 8.06. The number of benzene rings is 1. The first-order valence-corrected chi connectivity index (χ1v) is 35.9. The average molecular weight is 1410 g/mol. The Kier molecular flexibility index (Phi) is 27.8. The molecule has 6 aliphatic rings. The summed E-state index contributed by atoms with van der Waals surface area (Å²) in [6, 6.07) is -5.83. The lowest BCUT2D eigenvalue weighted by Crippen LogP contribution is -2.65. The standard InChI is InChI=1S/C71H106ClF3N12O12/c1-12-45(4)59-67(97)81(7)42-57(90)79(5)43-58(91)82(8)53(39-46-24-15-13-16-25-46)65(95)80(6)41-55(88)76-51(32-30-47-29-31-49(50(72)38-47)71(73,74)75)64(94)87-37-23-28-52(87)62(92)78-70(33-19-20-34-70)69(99)85(11)60(44(2)3)68(98)83(9)54(66(96)86-35-21-14-22-36-86)40-56(89)84(10)61(63(93)77-59)48-26-17-18-27-48/h29,31,38,44,46,48,51-54,59-61H,4,12-28,30,32-37,39-43H2,1-3,5-11H3,(H,76,88)(H,77,93)(H,78,92)/t51-,52-,53-,54-,59-,60-,61-/m0/s1. The van der Waals surface area contributed by atoms with E-state index in [0.29, 0.717) is 69.2 Å². The summed E-state index contributed by atoms with van der Waals surface area (Å²) in [7, 11) is 9.85. The van der Waals surface area contributed by atoms with Crippen molar-refractivity contribution in [3.63, 3.8) is 0 Å². The minimum absolute atomic E-state index is 0.0140. The van der Waals surface area contributed by atoms with Crippen LogP contribution in [-0.4, -0.2) is 251 Å². The van der Waals surface area contributed by atoms with Gasteiger partial charge in [-0.2, -0.15) is 13.2 Å². The molecule has 7 atom stereocenters. The van der Waals surface area contributed by atoms with E-state index in [4.69, 9.17) is 11.6 Å². The van der Waals surface area contributed by atoms with Crippen LogP contribution < -0.4 is 16.0 Å². The molecular weight excluding hydrogens is 1310 g/mol. The molecule has 0 radical (unpaired) electrons. The van der Waals surface area contributed by atoms with E-state index in [9.17, 15) is 41.9 Å². The Morgan fingerprint density at radius 2 is 1.25 bits per heavy atom. The summed E-state index contributed by atoms with van der Waals surface area (Å²) in [6.45, 7) is 8.36. The summed E-state index contributed by atoms with van der Waals surface area (Å²) in [5.74, 6) is -8.94. The number of likely N-dealkylation sites (N-methyl/N-ethyl adjacent to an activating group) is 7. The van der Waals surface area contributed by atoms with Crippen molar-refractivity contribution < 1.29 is 70.7 Å². The van der Waals surface area contributed by atoms with Crippen molar-refractivity contribution in [2.45, 2.75) is 222 Å². The fraction of sp³-hybridized carbons (Fsp3) is 0.718. The van der Waals surface area contributed by atoms with Crippen LogP contribution in [0.4, 0.5) is 13.2 Å². The highest BCUT2D eigenvalue weighted by Crippen LogP contribution is 2.38. The van der Waals surface area contributed by atoms with E-state index in [-0.39, 0.29) is 63.3 Å². The van der Waals surface area contributed by atoms with E-state index in [1.165, 1.54) is 79.9 Å². The second kappa shape index (κ2) is 34.8. The molecule has 28 heteroatoms. The molecule has 1 aromatic rings. The van der Waals surface area contributed by atoms with Crippen LogP contribution in [0.5, 0.6) is 0 Å². The predicted molar refractivity (Wildman–Crippen MR) is 364 cm³/mol. The van der Waals surface area contributed by atoms with Crippen LogP contribution in [0.3, 0.4) is 0 Å². The number of halogens is 4. The molecule has 550 valence electrons. The van der Waals surface area contributed by atoms with E-state index < -0.39 is 167 Å². The number of alkyl halides is 3. The van der Waals surface area contributed by atoms with Crippen LogP contribution in [0, 0.1) is 17.8 Å². The van der Waals surface area contributed by atoms with Gasteiger partial charge in [0.2, 0.25) is 70.9 Å². The fourth-order valence-electron chi connectivity index (χ4n) is 15.5. The van der Waals surface area contributed by atoms with Crippen molar-refractivity contribution >= 4 is 82.5 Å². The fourth-order valence-corrected chi connectivity index (χ4v) is 15.8. The smallest absolute Gasteiger partial charge is 0.343 e. The predicted octanol–water partition coefficient (Wildman–Crippen LogP) is 5.56. The molecule has 0 aromatic heterocycles. The number of aryl methyl sites for hydroxylation is 1. The number of carbonyl (C=O) groups excluding carboxylic acids is 12. The molecule has 24 nitrogen and oxygen atoms in total. The topological polar surface area (TPSA) is 270 Å². The van der Waals surface area contributed by atoms with Gasteiger partial charge in [-0.1, -0.05) is 103 Å². The lowest BCUT2D eigenvalue weighted by Gasteiger charge is -2.42. The zero-order chi connectivity index (χ0) is 73.0. The maximum absolute atomic E-state index is 15.4. The maximum atomic E-state index is 15.4. The van der Waals surface area contributed by atoms with Crippen LogP contribution in [0.2, 0.25) is 5.02 Å². The van der Waals surface area contributed by atoms with Gasteiger partial charge in [0.25, 0.3) is 0 Å². The molecule has 0 bridgehead atoms. The monoisotopic (exact) mass is 1410 g/mol. The molecule has 3 saturated heterocycles. The summed E-state index contributed by atoms with van der Waals surface area (Å²) in [5.41, 5.74) is -2.07. The first-order chi connectivity index (χ1) is 46.7. The molecule has 3 aliphatic carbocycles. The number of nitrogens with zero attached hydrogens (tertiary/aromatic N) is 9. The minimum Gasteiger partial charge on any atom is -0.343 e. The van der Waals surface area contributed by atoms with Crippen molar-refractivity contribution in [2.75, 3.05) is 88.6 Å². The average Bonchev–Trinajstić information content (AvgIpc) is 1.72. The lowest BCUT2D eigenvalue weighted by molar-refractivity contribution is -0.156. The summed E-state index contributed by atoms with van der Waals surface area (Å²) in [4.78, 5) is 190. The number of piperidine rings is 1. The number of nitrogens with one attached hydrogen (secondary N) is 3. The highest BCUT2D eigenvalue weighted by Gasteiger charge is 2.51. The number of likely N-dealkylation sites (tertiary alicyclic amines) is 1.